The minimum absolute atomic E-state index is 0.0596. The van der Waals surface area contributed by atoms with E-state index >= 15 is 0 Å². The zero-order valence-corrected chi connectivity index (χ0v) is 22.3. The number of benzene rings is 2. The van der Waals surface area contributed by atoms with Gasteiger partial charge < -0.3 is 26.7 Å². The Balaban J connectivity index is 1.37. The van der Waals surface area contributed by atoms with Gasteiger partial charge in [0.05, 0.1) is 22.7 Å². The number of H-pyrrole nitrogens is 1. The van der Waals surface area contributed by atoms with Crippen LogP contribution in [0.15, 0.2) is 54.9 Å². The summed E-state index contributed by atoms with van der Waals surface area (Å²) in [5, 5.41) is 8.31. The number of primary amides is 2. The minimum Gasteiger partial charge on any atom is -0.369 e. The number of nitrogens with zero attached hydrogens (tertiary/aromatic N) is 3. The number of nitrogens with one attached hydrogen (secondary N) is 2. The van der Waals surface area contributed by atoms with Crippen molar-refractivity contribution in [3.8, 4) is 11.3 Å². The van der Waals surface area contributed by atoms with Crippen molar-refractivity contribution in [1.29, 1.82) is 0 Å². The highest BCUT2D eigenvalue weighted by atomic mass is 16.2. The van der Waals surface area contributed by atoms with Crippen molar-refractivity contribution in [3.63, 3.8) is 0 Å². The maximum atomic E-state index is 13.1. The maximum Gasteiger partial charge on any atom is 0.251 e. The summed E-state index contributed by atoms with van der Waals surface area (Å²) in [6.07, 6.45) is 5.42. The van der Waals surface area contributed by atoms with Gasteiger partial charge in [-0.3, -0.25) is 19.1 Å². The fraction of sp³-hybridized carbons (Fsp3) is 0.310. The van der Waals surface area contributed by atoms with Gasteiger partial charge in [0, 0.05) is 60.3 Å². The van der Waals surface area contributed by atoms with Gasteiger partial charge in [0.1, 0.15) is 0 Å². The molecule has 0 unspecified atom stereocenters. The number of anilines is 1. The number of hydrogen-bond acceptors (Lipinski definition) is 5. The molecule has 3 heterocycles. The lowest BCUT2D eigenvalue weighted by Gasteiger charge is -2.35. The number of nitrogens with two attached hydrogens (primary N) is 2. The summed E-state index contributed by atoms with van der Waals surface area (Å²) in [6, 6.07) is 12.6. The topological polar surface area (TPSA) is 152 Å². The van der Waals surface area contributed by atoms with Crippen LogP contribution in [-0.2, 0) is 17.3 Å². The van der Waals surface area contributed by atoms with Crippen LogP contribution in [0.5, 0.6) is 0 Å². The normalized spacial score (nSPS) is 15.9. The van der Waals surface area contributed by atoms with E-state index in [-0.39, 0.29) is 11.9 Å². The molecule has 1 aliphatic rings. The van der Waals surface area contributed by atoms with Crippen molar-refractivity contribution in [2.75, 3.05) is 18.0 Å². The number of amides is 3. The van der Waals surface area contributed by atoms with Crippen LogP contribution in [0.2, 0.25) is 0 Å². The lowest BCUT2D eigenvalue weighted by Crippen LogP contribution is -2.48. The monoisotopic (exact) mass is 527 g/mol. The highest BCUT2D eigenvalue weighted by molar-refractivity contribution is 6.10. The SMILES string of the molecule is Cn1cc(-c2cc3c(N4CCC[C@@H](NC(=O)c5ccc(C(C)(C)C(N)=O)cc5)C4)ccc(C(N)=O)c3[nH]2)cn1. The number of piperidine rings is 1. The molecular weight excluding hydrogens is 494 g/mol. The van der Waals surface area contributed by atoms with Crippen LogP contribution in [0.25, 0.3) is 22.2 Å². The van der Waals surface area contributed by atoms with Gasteiger partial charge in [0.15, 0.2) is 0 Å². The van der Waals surface area contributed by atoms with E-state index in [4.69, 9.17) is 11.5 Å². The molecule has 0 saturated carbocycles. The number of aromatic amines is 1. The van der Waals surface area contributed by atoms with Crippen molar-refractivity contribution < 1.29 is 14.4 Å². The fourth-order valence-corrected chi connectivity index (χ4v) is 5.16. The second-order valence-electron chi connectivity index (χ2n) is 10.7. The van der Waals surface area contributed by atoms with Crippen LogP contribution in [0, 0.1) is 0 Å². The van der Waals surface area contributed by atoms with Crippen molar-refractivity contribution >= 4 is 34.3 Å². The number of carbonyl (C=O) groups is 3. The van der Waals surface area contributed by atoms with E-state index in [9.17, 15) is 14.4 Å². The second-order valence-corrected chi connectivity index (χ2v) is 10.7. The summed E-state index contributed by atoms with van der Waals surface area (Å²) in [5.74, 6) is -1.09. The Morgan fingerprint density at radius 1 is 1.10 bits per heavy atom. The number of aromatic nitrogens is 3. The predicted molar refractivity (Wildman–Crippen MR) is 150 cm³/mol. The largest absolute Gasteiger partial charge is 0.369 e. The molecule has 5 rings (SSSR count). The van der Waals surface area contributed by atoms with Crippen molar-refractivity contribution in [3.05, 3.63) is 71.5 Å². The van der Waals surface area contributed by atoms with Gasteiger partial charge in [-0.05, 0) is 62.6 Å². The van der Waals surface area contributed by atoms with Crippen molar-refractivity contribution in [2.45, 2.75) is 38.1 Å². The summed E-state index contributed by atoms with van der Waals surface area (Å²) in [7, 11) is 1.85. The molecule has 3 amide bonds. The van der Waals surface area contributed by atoms with Gasteiger partial charge in [-0.25, -0.2) is 0 Å². The van der Waals surface area contributed by atoms with Gasteiger partial charge in [-0.1, -0.05) is 12.1 Å². The third-order valence-corrected chi connectivity index (χ3v) is 7.63. The van der Waals surface area contributed by atoms with Gasteiger partial charge in [0.2, 0.25) is 5.91 Å². The molecule has 39 heavy (non-hydrogen) atoms. The zero-order chi connectivity index (χ0) is 27.9. The van der Waals surface area contributed by atoms with E-state index < -0.39 is 17.2 Å². The van der Waals surface area contributed by atoms with Crippen molar-refractivity contribution in [2.24, 2.45) is 18.5 Å². The van der Waals surface area contributed by atoms with Crippen LogP contribution in [0.4, 0.5) is 5.69 Å². The standard InChI is InChI=1S/C29H33N7O3/c1-29(2,28(31)39)19-8-6-17(7-9-19)27(38)33-20-5-4-12-36(16-20)24-11-10-21(26(30)37)25-22(24)13-23(34-25)18-14-32-35(3)15-18/h6-11,13-15,20,34H,4-5,12,16H2,1-3H3,(H2,30,37)(H2,31,39)(H,33,38)/t20-/m1/s1. The molecule has 1 saturated heterocycles. The number of carbonyl (C=O) groups excluding carboxylic acids is 3. The first-order valence-electron chi connectivity index (χ1n) is 13.0. The molecule has 4 aromatic rings. The Hall–Kier alpha value is -4.60. The molecule has 2 aromatic heterocycles. The number of rotatable bonds is 7. The third kappa shape index (κ3) is 4.97. The molecule has 10 nitrogen and oxygen atoms in total. The van der Waals surface area contributed by atoms with Gasteiger partial charge >= 0.3 is 0 Å². The average Bonchev–Trinajstić information content (AvgIpc) is 3.54. The van der Waals surface area contributed by atoms with E-state index in [0.29, 0.717) is 23.2 Å². The molecule has 202 valence electrons. The van der Waals surface area contributed by atoms with E-state index in [1.807, 2.05) is 25.4 Å². The lowest BCUT2D eigenvalue weighted by atomic mass is 9.83. The minimum atomic E-state index is -0.816. The van der Waals surface area contributed by atoms with E-state index in [1.54, 1.807) is 55.1 Å². The molecular formula is C29H33N7O3. The summed E-state index contributed by atoms with van der Waals surface area (Å²) in [5.41, 5.74) is 15.5. The Morgan fingerprint density at radius 2 is 1.85 bits per heavy atom. The first-order valence-corrected chi connectivity index (χ1v) is 13.0. The van der Waals surface area contributed by atoms with E-state index in [2.05, 4.69) is 20.3 Å². The maximum absolute atomic E-state index is 13.1. The second kappa shape index (κ2) is 9.94. The number of hydrogen-bond donors (Lipinski definition) is 4. The molecule has 10 heteroatoms. The summed E-state index contributed by atoms with van der Waals surface area (Å²) in [4.78, 5) is 42.6. The zero-order valence-electron chi connectivity index (χ0n) is 22.3. The molecule has 0 bridgehead atoms. The molecule has 1 aliphatic heterocycles. The summed E-state index contributed by atoms with van der Waals surface area (Å²) in [6.45, 7) is 4.97. The van der Waals surface area contributed by atoms with Crippen LogP contribution in [-0.4, -0.2) is 51.6 Å². The van der Waals surface area contributed by atoms with Crippen molar-refractivity contribution in [1.82, 2.24) is 20.1 Å². The highest BCUT2D eigenvalue weighted by Gasteiger charge is 2.28. The lowest BCUT2D eigenvalue weighted by molar-refractivity contribution is -0.122. The molecule has 6 N–H and O–H groups in total. The van der Waals surface area contributed by atoms with E-state index in [0.717, 1.165) is 47.3 Å². The van der Waals surface area contributed by atoms with Crippen LogP contribution < -0.4 is 21.7 Å². The Bertz CT molecular complexity index is 1570. The smallest absolute Gasteiger partial charge is 0.251 e. The summed E-state index contributed by atoms with van der Waals surface area (Å²) < 4.78 is 1.72. The quantitative estimate of drug-likeness (QED) is 0.291. The third-order valence-electron chi connectivity index (χ3n) is 7.63. The fourth-order valence-electron chi connectivity index (χ4n) is 5.16. The van der Waals surface area contributed by atoms with Crippen LogP contribution in [0.1, 0.15) is 53.0 Å². The predicted octanol–water partition coefficient (Wildman–Crippen LogP) is 2.83. The molecule has 1 atom stereocenters. The Labute approximate surface area is 226 Å². The van der Waals surface area contributed by atoms with E-state index in [1.165, 1.54) is 0 Å². The first kappa shape index (κ1) is 26.0. The Kier molecular flexibility index (Phi) is 6.63. The van der Waals surface area contributed by atoms with Gasteiger partial charge in [-0.2, -0.15) is 5.10 Å². The first-order chi connectivity index (χ1) is 18.5. The van der Waals surface area contributed by atoms with Gasteiger partial charge in [0.25, 0.3) is 11.8 Å². The number of aryl methyl sites for hydroxylation is 1. The van der Waals surface area contributed by atoms with Gasteiger partial charge in [-0.15, -0.1) is 0 Å². The average molecular weight is 528 g/mol. The number of fused-ring (bicyclic) bond motifs is 1. The molecule has 2 aromatic carbocycles. The molecule has 0 spiro atoms. The van der Waals surface area contributed by atoms with Crippen LogP contribution >= 0.6 is 0 Å². The molecule has 0 radical (unpaired) electrons. The van der Waals surface area contributed by atoms with Crippen LogP contribution in [0.3, 0.4) is 0 Å². The Morgan fingerprint density at radius 3 is 2.49 bits per heavy atom. The molecule has 1 fully saturated rings. The molecule has 0 aliphatic carbocycles. The summed E-state index contributed by atoms with van der Waals surface area (Å²) >= 11 is 0. The highest BCUT2D eigenvalue weighted by Crippen LogP contribution is 2.35.